The third-order valence-electron chi connectivity index (χ3n) is 5.82. The number of para-hydroxylation sites is 2. The highest BCUT2D eigenvalue weighted by molar-refractivity contribution is 6.04. The fourth-order valence-electron chi connectivity index (χ4n) is 4.33. The maximum atomic E-state index is 13.1. The Labute approximate surface area is 189 Å². The molecule has 2 heterocycles. The van der Waals surface area contributed by atoms with Gasteiger partial charge in [-0.05, 0) is 30.3 Å². The fraction of sp³-hybridized carbons (Fsp3) is 0.240. The van der Waals surface area contributed by atoms with Crippen LogP contribution in [0.3, 0.4) is 0 Å². The summed E-state index contributed by atoms with van der Waals surface area (Å²) in [5.41, 5.74) is 3.09. The van der Waals surface area contributed by atoms with E-state index in [0.717, 1.165) is 16.8 Å². The van der Waals surface area contributed by atoms with Gasteiger partial charge >= 0.3 is 6.61 Å². The molecular weight excluding hydrogens is 430 g/mol. The first-order valence-corrected chi connectivity index (χ1v) is 10.5. The molecule has 0 saturated carbocycles. The number of halogens is 2. The molecule has 2 aliphatic heterocycles. The number of ether oxygens (including phenoxy) is 4. The van der Waals surface area contributed by atoms with Gasteiger partial charge in [-0.25, -0.2) is 5.01 Å². The van der Waals surface area contributed by atoms with Gasteiger partial charge in [0.25, 0.3) is 0 Å². The average Bonchev–Trinajstić information content (AvgIpc) is 3.29. The number of benzene rings is 3. The van der Waals surface area contributed by atoms with Crippen LogP contribution in [0.2, 0.25) is 0 Å². The molecule has 0 bridgehead atoms. The third kappa shape index (κ3) is 3.82. The summed E-state index contributed by atoms with van der Waals surface area (Å²) in [4.78, 5) is 0. The van der Waals surface area contributed by atoms with Crippen LogP contribution < -0.4 is 18.9 Å². The van der Waals surface area contributed by atoms with E-state index in [9.17, 15) is 8.78 Å². The summed E-state index contributed by atoms with van der Waals surface area (Å²) in [6, 6.07) is 19.8. The van der Waals surface area contributed by atoms with Crippen molar-refractivity contribution < 1.29 is 27.7 Å². The molecule has 0 radical (unpaired) electrons. The number of rotatable bonds is 6. The lowest BCUT2D eigenvalue weighted by Gasteiger charge is -2.38. The Kier molecular flexibility index (Phi) is 5.50. The zero-order valence-electron chi connectivity index (χ0n) is 18.1. The van der Waals surface area contributed by atoms with E-state index in [1.807, 2.05) is 47.5 Å². The van der Waals surface area contributed by atoms with Crippen molar-refractivity contribution in [3.05, 3.63) is 83.4 Å². The Hall–Kier alpha value is -3.81. The van der Waals surface area contributed by atoms with E-state index < -0.39 is 12.8 Å². The molecule has 0 unspecified atom stereocenters. The lowest BCUT2D eigenvalue weighted by molar-refractivity contribution is -0.0578. The second-order valence-electron chi connectivity index (χ2n) is 7.64. The molecule has 2 atom stereocenters. The van der Waals surface area contributed by atoms with E-state index >= 15 is 0 Å². The van der Waals surface area contributed by atoms with Crippen molar-refractivity contribution in [2.24, 2.45) is 5.10 Å². The summed E-state index contributed by atoms with van der Waals surface area (Å²) >= 11 is 0. The zero-order valence-corrected chi connectivity index (χ0v) is 18.1. The topological polar surface area (TPSA) is 52.5 Å². The highest BCUT2D eigenvalue weighted by Crippen LogP contribution is 2.49. The summed E-state index contributed by atoms with van der Waals surface area (Å²) in [5.74, 6) is 2.06. The number of alkyl halides is 2. The number of fused-ring (bicyclic) bond motifs is 3. The molecule has 0 aromatic heterocycles. The van der Waals surface area contributed by atoms with Crippen LogP contribution in [0, 0.1) is 0 Å². The lowest BCUT2D eigenvalue weighted by Crippen LogP contribution is -2.34. The molecule has 0 aliphatic carbocycles. The van der Waals surface area contributed by atoms with E-state index in [4.69, 9.17) is 24.0 Å². The van der Waals surface area contributed by atoms with Gasteiger partial charge in [0.05, 0.1) is 31.5 Å². The number of hydrogen-bond acceptors (Lipinski definition) is 6. The van der Waals surface area contributed by atoms with Crippen molar-refractivity contribution in [2.45, 2.75) is 25.3 Å². The minimum absolute atomic E-state index is 0.0568. The monoisotopic (exact) mass is 452 g/mol. The number of hydrogen-bond donors (Lipinski definition) is 0. The summed E-state index contributed by atoms with van der Waals surface area (Å²) in [7, 11) is 3.19. The van der Waals surface area contributed by atoms with Gasteiger partial charge in [-0.15, -0.1) is 0 Å². The molecule has 3 aromatic rings. The van der Waals surface area contributed by atoms with E-state index in [1.165, 1.54) is 6.07 Å². The first-order valence-electron chi connectivity index (χ1n) is 10.5. The van der Waals surface area contributed by atoms with E-state index in [1.54, 1.807) is 32.4 Å². The van der Waals surface area contributed by atoms with Gasteiger partial charge in [-0.3, -0.25) is 0 Å². The molecule has 0 fully saturated rings. The van der Waals surface area contributed by atoms with Crippen LogP contribution in [0.4, 0.5) is 8.78 Å². The Morgan fingerprint density at radius 2 is 1.70 bits per heavy atom. The molecule has 0 N–H and O–H groups in total. The smallest absolute Gasteiger partial charge is 0.387 e. The van der Waals surface area contributed by atoms with Gasteiger partial charge in [0.1, 0.15) is 23.0 Å². The van der Waals surface area contributed by atoms with Gasteiger partial charge in [0.15, 0.2) is 0 Å². The third-order valence-corrected chi connectivity index (χ3v) is 5.82. The Morgan fingerprint density at radius 1 is 0.939 bits per heavy atom. The van der Waals surface area contributed by atoms with Crippen molar-refractivity contribution in [1.29, 1.82) is 0 Å². The van der Waals surface area contributed by atoms with E-state index in [-0.39, 0.29) is 11.8 Å². The molecule has 8 heteroatoms. The second kappa shape index (κ2) is 8.61. The minimum atomic E-state index is -2.95. The standard InChI is InChI=1S/C25H22F2N2O4/c1-30-15-11-12-16(23(13-15)31-2)19-14-20-17-7-3-5-9-21(17)32-24(29(20)28-19)18-8-4-6-10-22(18)33-25(26)27/h3-13,20,24-25H,14H2,1-2H3/t20-,24-/m0/s1. The van der Waals surface area contributed by atoms with Crippen LogP contribution in [0.1, 0.15) is 35.4 Å². The number of nitrogens with zero attached hydrogens (tertiary/aromatic N) is 2. The van der Waals surface area contributed by atoms with Crippen molar-refractivity contribution in [2.75, 3.05) is 14.2 Å². The molecule has 0 saturated heterocycles. The fourth-order valence-corrected chi connectivity index (χ4v) is 4.33. The summed E-state index contributed by atoms with van der Waals surface area (Å²) in [6.07, 6.45) is -0.140. The molecule has 5 rings (SSSR count). The quantitative estimate of drug-likeness (QED) is 0.491. The van der Waals surface area contributed by atoms with Gasteiger partial charge in [-0.2, -0.15) is 13.9 Å². The molecule has 3 aromatic carbocycles. The molecule has 0 spiro atoms. The van der Waals surface area contributed by atoms with Crippen molar-refractivity contribution >= 4 is 5.71 Å². The SMILES string of the molecule is COc1ccc(C2=NN3[C@@H](C2)c2ccccc2O[C@H]3c2ccccc2OC(F)F)c(OC)c1. The normalized spacial score (nSPS) is 18.8. The summed E-state index contributed by atoms with van der Waals surface area (Å²) < 4.78 is 48.1. The largest absolute Gasteiger partial charge is 0.497 e. The highest BCUT2D eigenvalue weighted by Gasteiger charge is 2.42. The molecule has 170 valence electrons. The van der Waals surface area contributed by atoms with Crippen LogP contribution in [-0.4, -0.2) is 31.6 Å². The number of hydrazone groups is 1. The zero-order chi connectivity index (χ0) is 22.9. The first-order chi connectivity index (χ1) is 16.1. The Bertz CT molecular complexity index is 1200. The molecular formula is C25H22F2N2O4. The lowest BCUT2D eigenvalue weighted by atomic mass is 9.95. The number of methoxy groups -OCH3 is 2. The maximum absolute atomic E-state index is 13.1. The predicted octanol–water partition coefficient (Wildman–Crippen LogP) is 5.55. The van der Waals surface area contributed by atoms with Gasteiger partial charge in [-0.1, -0.05) is 30.3 Å². The second-order valence-corrected chi connectivity index (χ2v) is 7.64. The van der Waals surface area contributed by atoms with Gasteiger partial charge in [0, 0.05) is 23.6 Å². The first kappa shape index (κ1) is 21.1. The molecule has 6 nitrogen and oxygen atoms in total. The van der Waals surface area contributed by atoms with E-state index in [0.29, 0.717) is 29.2 Å². The van der Waals surface area contributed by atoms with Crippen LogP contribution in [0.15, 0.2) is 71.8 Å². The molecule has 33 heavy (non-hydrogen) atoms. The predicted molar refractivity (Wildman–Crippen MR) is 118 cm³/mol. The van der Waals surface area contributed by atoms with Gasteiger partial charge < -0.3 is 18.9 Å². The summed E-state index contributed by atoms with van der Waals surface area (Å²) in [5, 5.41) is 6.70. The molecule has 2 aliphatic rings. The summed E-state index contributed by atoms with van der Waals surface area (Å²) in [6.45, 7) is -2.95. The minimum Gasteiger partial charge on any atom is -0.497 e. The Morgan fingerprint density at radius 3 is 2.45 bits per heavy atom. The van der Waals surface area contributed by atoms with Crippen LogP contribution in [0.25, 0.3) is 0 Å². The highest BCUT2D eigenvalue weighted by atomic mass is 19.3. The van der Waals surface area contributed by atoms with Crippen LogP contribution in [-0.2, 0) is 0 Å². The molecule has 0 amide bonds. The van der Waals surface area contributed by atoms with Crippen molar-refractivity contribution in [3.8, 4) is 23.0 Å². The van der Waals surface area contributed by atoms with Crippen LogP contribution in [0.5, 0.6) is 23.0 Å². The van der Waals surface area contributed by atoms with Crippen molar-refractivity contribution in [3.63, 3.8) is 0 Å². The average molecular weight is 452 g/mol. The van der Waals surface area contributed by atoms with Crippen molar-refractivity contribution in [1.82, 2.24) is 5.01 Å². The van der Waals surface area contributed by atoms with Crippen LogP contribution >= 0.6 is 0 Å². The van der Waals surface area contributed by atoms with E-state index in [2.05, 4.69) is 0 Å². The Balaban J connectivity index is 1.60. The van der Waals surface area contributed by atoms with Gasteiger partial charge in [0.2, 0.25) is 6.23 Å². The maximum Gasteiger partial charge on any atom is 0.387 e.